The standard InChI is InChI=1S/C13H2N8S/c1-16-6(3-14)8-10-11(19-5-18-10)9(7(4-15)17-2)13-12(8)20-22-21-13/h5H2/b8-6-,9-7-. The summed E-state index contributed by atoms with van der Waals surface area (Å²) in [6, 6.07) is 3.64. The number of aromatic nitrogens is 2. The SMILES string of the molecule is [C-]#[N+]/C(C#N)=c1/c2c(/c(=C(\C#N)[N+]#[C-])c3nsnc13)=NCN=2. The summed E-state index contributed by atoms with van der Waals surface area (Å²) >= 11 is 0.875. The summed E-state index contributed by atoms with van der Waals surface area (Å²) in [7, 11) is 0. The van der Waals surface area contributed by atoms with Crippen molar-refractivity contribution in [3.8, 4) is 12.1 Å². The lowest BCUT2D eigenvalue weighted by Gasteiger charge is -1.94. The second-order valence-corrected chi connectivity index (χ2v) is 4.54. The number of hydrogen-bond donors (Lipinski definition) is 0. The molecule has 9 heteroatoms. The van der Waals surface area contributed by atoms with E-state index in [1.807, 2.05) is 12.1 Å². The Morgan fingerprint density at radius 1 is 0.955 bits per heavy atom. The zero-order valence-corrected chi connectivity index (χ0v) is 11.5. The molecule has 22 heavy (non-hydrogen) atoms. The van der Waals surface area contributed by atoms with Gasteiger partial charge in [0.15, 0.2) is 0 Å². The fraction of sp³-hybridized carbons (Fsp3) is 0.0769. The number of fused-ring (bicyclic) bond motifs is 2. The van der Waals surface area contributed by atoms with Gasteiger partial charge in [-0.15, -0.1) is 0 Å². The van der Waals surface area contributed by atoms with Gasteiger partial charge >= 0.3 is 0 Å². The van der Waals surface area contributed by atoms with E-state index in [1.54, 1.807) is 0 Å². The van der Waals surface area contributed by atoms with Crippen LogP contribution in [0.2, 0.25) is 0 Å². The first kappa shape index (κ1) is 13.3. The van der Waals surface area contributed by atoms with Crippen LogP contribution in [0.25, 0.3) is 32.1 Å². The van der Waals surface area contributed by atoms with Gasteiger partial charge in [0.1, 0.15) is 17.7 Å². The quantitative estimate of drug-likeness (QED) is 0.582. The molecule has 0 saturated heterocycles. The molecule has 0 bridgehead atoms. The van der Waals surface area contributed by atoms with E-state index in [0.29, 0.717) is 21.7 Å². The van der Waals surface area contributed by atoms with Gasteiger partial charge in [-0.2, -0.15) is 8.75 Å². The van der Waals surface area contributed by atoms with E-state index in [1.165, 1.54) is 0 Å². The van der Waals surface area contributed by atoms with Gasteiger partial charge in [-0.1, -0.05) is 0 Å². The highest BCUT2D eigenvalue weighted by Gasteiger charge is 2.16. The van der Waals surface area contributed by atoms with Gasteiger partial charge in [0.2, 0.25) is 0 Å². The molecule has 100 valence electrons. The minimum Gasteiger partial charge on any atom is -0.260 e. The smallest absolute Gasteiger partial charge is 0.260 e. The Hall–Kier alpha value is -3.66. The van der Waals surface area contributed by atoms with Gasteiger partial charge < -0.3 is 0 Å². The summed E-state index contributed by atoms with van der Waals surface area (Å²) in [5.41, 5.74) is 0.262. The van der Waals surface area contributed by atoms with Crippen LogP contribution in [0.5, 0.6) is 0 Å². The van der Waals surface area contributed by atoms with E-state index in [0.717, 1.165) is 11.7 Å². The van der Waals surface area contributed by atoms with Gasteiger partial charge in [-0.25, -0.2) is 20.2 Å². The van der Waals surface area contributed by atoms with E-state index in [2.05, 4.69) is 28.4 Å². The van der Waals surface area contributed by atoms with Crippen molar-refractivity contribution in [3.05, 3.63) is 44.0 Å². The van der Waals surface area contributed by atoms with Crippen molar-refractivity contribution >= 4 is 34.2 Å². The lowest BCUT2D eigenvalue weighted by molar-refractivity contribution is 1.05. The van der Waals surface area contributed by atoms with E-state index >= 15 is 0 Å². The second-order valence-electron chi connectivity index (χ2n) is 4.01. The number of benzene rings is 1. The summed E-state index contributed by atoms with van der Waals surface area (Å²) < 4.78 is 8.23. The maximum Gasteiger partial charge on any atom is 0.273 e. The number of rotatable bonds is 0. The highest BCUT2D eigenvalue weighted by molar-refractivity contribution is 7.00. The molecule has 0 atom stereocenters. The van der Waals surface area contributed by atoms with Crippen molar-refractivity contribution in [3.63, 3.8) is 0 Å². The van der Waals surface area contributed by atoms with Crippen molar-refractivity contribution in [2.24, 2.45) is 9.98 Å². The fourth-order valence-corrected chi connectivity index (χ4v) is 2.74. The van der Waals surface area contributed by atoms with Crippen LogP contribution in [-0.2, 0) is 0 Å². The third-order valence-corrected chi connectivity index (χ3v) is 3.56. The largest absolute Gasteiger partial charge is 0.273 e. The van der Waals surface area contributed by atoms with Gasteiger partial charge in [0.05, 0.1) is 47.7 Å². The molecule has 2 heterocycles. The average molecular weight is 302 g/mol. The molecule has 1 aromatic heterocycles. The van der Waals surface area contributed by atoms with Crippen LogP contribution in [-0.4, -0.2) is 15.4 Å². The van der Waals surface area contributed by atoms with Crippen LogP contribution in [0.3, 0.4) is 0 Å². The molecule has 1 aromatic carbocycles. The van der Waals surface area contributed by atoms with Crippen molar-refractivity contribution in [2.45, 2.75) is 0 Å². The molecule has 3 rings (SSSR count). The predicted octanol–water partition coefficient (Wildman–Crippen LogP) is -0.996. The maximum atomic E-state index is 9.15. The van der Waals surface area contributed by atoms with Gasteiger partial charge in [-0.3, -0.25) is 9.98 Å². The molecule has 0 amide bonds. The molecule has 0 N–H and O–H groups in total. The molecular formula is C13H2N8S. The molecule has 0 radical (unpaired) electrons. The molecule has 0 saturated carbocycles. The molecule has 0 spiro atoms. The minimum atomic E-state index is -0.164. The third-order valence-electron chi connectivity index (χ3n) is 3.03. The number of nitrogens with zero attached hydrogens (tertiary/aromatic N) is 8. The maximum absolute atomic E-state index is 9.15. The van der Waals surface area contributed by atoms with Gasteiger partial charge in [-0.05, 0) is 0 Å². The van der Waals surface area contributed by atoms with E-state index < -0.39 is 0 Å². The fourth-order valence-electron chi connectivity index (χ4n) is 2.18. The van der Waals surface area contributed by atoms with Crippen LogP contribution in [0.15, 0.2) is 9.98 Å². The Morgan fingerprint density at radius 2 is 1.41 bits per heavy atom. The predicted molar refractivity (Wildman–Crippen MR) is 75.1 cm³/mol. The van der Waals surface area contributed by atoms with E-state index in [-0.39, 0.29) is 28.5 Å². The van der Waals surface area contributed by atoms with Crippen molar-refractivity contribution in [2.75, 3.05) is 6.67 Å². The molecule has 8 nitrogen and oxygen atoms in total. The first-order valence-corrected chi connectivity index (χ1v) is 6.46. The molecule has 0 aliphatic carbocycles. The van der Waals surface area contributed by atoms with Crippen LogP contribution in [0, 0.1) is 35.8 Å². The molecule has 0 unspecified atom stereocenters. The first-order valence-electron chi connectivity index (χ1n) is 5.73. The first-order chi connectivity index (χ1) is 10.8. The lowest BCUT2D eigenvalue weighted by Crippen LogP contribution is -2.48. The summed E-state index contributed by atoms with van der Waals surface area (Å²) in [4.78, 5) is 14.8. The topological polar surface area (TPSA) is 107 Å². The van der Waals surface area contributed by atoms with Crippen LogP contribution < -0.4 is 21.2 Å². The Labute approximate surface area is 126 Å². The molecule has 0 fully saturated rings. The Kier molecular flexibility index (Phi) is 3.05. The zero-order chi connectivity index (χ0) is 15.7. The van der Waals surface area contributed by atoms with E-state index in [4.69, 9.17) is 23.7 Å². The molecule has 2 aromatic rings. The second kappa shape index (κ2) is 5.03. The molecular weight excluding hydrogens is 300 g/mol. The Morgan fingerprint density at radius 3 is 1.77 bits per heavy atom. The van der Waals surface area contributed by atoms with Crippen LogP contribution in [0.4, 0.5) is 0 Å². The Bertz CT molecular complexity index is 1110. The average Bonchev–Trinajstić information content (AvgIpc) is 3.19. The lowest BCUT2D eigenvalue weighted by atomic mass is 10.1. The van der Waals surface area contributed by atoms with Gasteiger partial charge in [0, 0.05) is 10.4 Å². The summed E-state index contributed by atoms with van der Waals surface area (Å²) in [5.74, 6) is 0. The minimum absolute atomic E-state index is 0.110. The third kappa shape index (κ3) is 1.65. The van der Waals surface area contributed by atoms with Crippen molar-refractivity contribution in [1.82, 2.24) is 8.75 Å². The molecule has 1 aliphatic rings. The zero-order valence-electron chi connectivity index (χ0n) is 10.7. The number of hydrogen-bond acceptors (Lipinski definition) is 7. The van der Waals surface area contributed by atoms with Gasteiger partial charge in [0.25, 0.3) is 11.4 Å². The van der Waals surface area contributed by atoms with Crippen molar-refractivity contribution in [1.29, 1.82) is 10.5 Å². The van der Waals surface area contributed by atoms with Crippen LogP contribution >= 0.6 is 11.7 Å². The normalized spacial score (nSPS) is 14.4. The van der Waals surface area contributed by atoms with Crippen molar-refractivity contribution < 1.29 is 0 Å². The summed E-state index contributed by atoms with van der Waals surface area (Å²) in [6.45, 7) is 14.4. The van der Waals surface area contributed by atoms with Crippen LogP contribution in [0.1, 0.15) is 0 Å². The summed E-state index contributed by atoms with van der Waals surface area (Å²) in [5, 5.41) is 19.5. The Balaban J connectivity index is 2.90. The molecule has 1 aliphatic heterocycles. The van der Waals surface area contributed by atoms with E-state index in [9.17, 15) is 0 Å². The summed E-state index contributed by atoms with van der Waals surface area (Å²) in [6.07, 6.45) is 0. The number of nitriles is 2. The highest BCUT2D eigenvalue weighted by Crippen LogP contribution is 2.04. The highest BCUT2D eigenvalue weighted by atomic mass is 32.1. The monoisotopic (exact) mass is 302 g/mol.